The number of piperidine rings is 1. The van der Waals surface area contributed by atoms with Crippen LogP contribution < -0.4 is 0 Å². The summed E-state index contributed by atoms with van der Waals surface area (Å²) in [6.07, 6.45) is 8.64. The van der Waals surface area contributed by atoms with Gasteiger partial charge in [-0.05, 0) is 37.0 Å². The molecule has 3 aromatic rings. The van der Waals surface area contributed by atoms with E-state index >= 15 is 0 Å². The third-order valence-electron chi connectivity index (χ3n) is 4.90. The first-order valence-corrected chi connectivity index (χ1v) is 9.47. The molecule has 0 spiro atoms. The fourth-order valence-corrected chi connectivity index (χ4v) is 3.75. The standard InChI is InChI=1S/C20H21ClN4O2/c1-24-10-8-22-18(24)20(26)25-9-3-2-7-17(25)19-23-13-16(27-19)12-14-5-4-6-15(21)11-14/h4-6,8,10-11,13,17H,2-3,7,9,12H2,1H3/t17-/m1/s1. The molecule has 4 rings (SSSR count). The van der Waals surface area contributed by atoms with Gasteiger partial charge >= 0.3 is 0 Å². The van der Waals surface area contributed by atoms with Gasteiger partial charge in [-0.3, -0.25) is 4.79 Å². The normalized spacial score (nSPS) is 17.3. The van der Waals surface area contributed by atoms with Gasteiger partial charge < -0.3 is 13.9 Å². The molecule has 1 aliphatic heterocycles. The number of hydrogen-bond acceptors (Lipinski definition) is 4. The maximum absolute atomic E-state index is 13.0. The molecule has 0 N–H and O–H groups in total. The maximum atomic E-state index is 13.0. The molecule has 1 atom stereocenters. The number of oxazole rings is 1. The van der Waals surface area contributed by atoms with E-state index in [0.29, 0.717) is 29.7 Å². The molecule has 0 saturated carbocycles. The molecule has 0 radical (unpaired) electrons. The molecule has 7 heteroatoms. The Kier molecular flexibility index (Phi) is 4.99. The molecular weight excluding hydrogens is 364 g/mol. The number of halogens is 1. The second-order valence-corrected chi connectivity index (χ2v) is 7.28. The summed E-state index contributed by atoms with van der Waals surface area (Å²) in [6, 6.07) is 7.53. The van der Waals surface area contributed by atoms with Gasteiger partial charge in [0.2, 0.25) is 5.89 Å². The highest BCUT2D eigenvalue weighted by atomic mass is 35.5. The van der Waals surface area contributed by atoms with E-state index < -0.39 is 0 Å². The van der Waals surface area contributed by atoms with Crippen LogP contribution in [-0.4, -0.2) is 31.9 Å². The van der Waals surface area contributed by atoms with Crippen LogP contribution in [0.15, 0.2) is 47.3 Å². The molecule has 0 unspecified atom stereocenters. The summed E-state index contributed by atoms with van der Waals surface area (Å²) < 4.78 is 7.76. The van der Waals surface area contributed by atoms with Crippen LogP contribution >= 0.6 is 11.6 Å². The molecule has 1 fully saturated rings. The van der Waals surface area contributed by atoms with Crippen molar-refractivity contribution in [2.75, 3.05) is 6.54 Å². The van der Waals surface area contributed by atoms with Crippen molar-refractivity contribution in [2.24, 2.45) is 7.05 Å². The largest absolute Gasteiger partial charge is 0.443 e. The summed E-state index contributed by atoms with van der Waals surface area (Å²) in [7, 11) is 1.83. The van der Waals surface area contributed by atoms with Gasteiger partial charge in [0.1, 0.15) is 11.8 Å². The molecule has 2 aromatic heterocycles. The summed E-state index contributed by atoms with van der Waals surface area (Å²) in [4.78, 5) is 23.5. The lowest BCUT2D eigenvalue weighted by Gasteiger charge is -2.33. The summed E-state index contributed by atoms with van der Waals surface area (Å²) in [5.74, 6) is 1.71. The van der Waals surface area contributed by atoms with E-state index in [4.69, 9.17) is 16.0 Å². The molecule has 27 heavy (non-hydrogen) atoms. The Balaban J connectivity index is 1.55. The molecule has 1 aromatic carbocycles. The predicted molar refractivity (Wildman–Crippen MR) is 102 cm³/mol. The van der Waals surface area contributed by atoms with Crippen molar-refractivity contribution in [3.05, 3.63) is 70.9 Å². The van der Waals surface area contributed by atoms with Crippen molar-refractivity contribution in [1.29, 1.82) is 0 Å². The van der Waals surface area contributed by atoms with Crippen molar-refractivity contribution in [2.45, 2.75) is 31.7 Å². The van der Waals surface area contributed by atoms with E-state index in [1.165, 1.54) is 0 Å². The van der Waals surface area contributed by atoms with Crippen molar-refractivity contribution >= 4 is 17.5 Å². The number of hydrogen-bond donors (Lipinski definition) is 0. The fraction of sp³-hybridized carbons (Fsp3) is 0.350. The lowest BCUT2D eigenvalue weighted by Crippen LogP contribution is -2.39. The molecular formula is C20H21ClN4O2. The van der Waals surface area contributed by atoms with Gasteiger partial charge in [-0.2, -0.15) is 0 Å². The zero-order valence-electron chi connectivity index (χ0n) is 15.1. The van der Waals surface area contributed by atoms with E-state index in [1.54, 1.807) is 23.2 Å². The topological polar surface area (TPSA) is 64.2 Å². The molecule has 0 bridgehead atoms. The minimum atomic E-state index is -0.156. The molecule has 6 nitrogen and oxygen atoms in total. The predicted octanol–water partition coefficient (Wildman–Crippen LogP) is 4.02. The number of benzene rings is 1. The van der Waals surface area contributed by atoms with Gasteiger partial charge in [0.15, 0.2) is 5.82 Å². The van der Waals surface area contributed by atoms with E-state index in [9.17, 15) is 4.79 Å². The van der Waals surface area contributed by atoms with Crippen molar-refractivity contribution in [1.82, 2.24) is 19.4 Å². The number of aromatic nitrogens is 3. The van der Waals surface area contributed by atoms with Crippen LogP contribution in [-0.2, 0) is 13.5 Å². The van der Waals surface area contributed by atoms with Crippen LogP contribution in [0.5, 0.6) is 0 Å². The van der Waals surface area contributed by atoms with Gasteiger partial charge in [-0.25, -0.2) is 9.97 Å². The number of amides is 1. The van der Waals surface area contributed by atoms with E-state index in [1.807, 2.05) is 36.2 Å². The first kappa shape index (κ1) is 17.8. The number of rotatable bonds is 4. The highest BCUT2D eigenvalue weighted by Crippen LogP contribution is 2.32. The van der Waals surface area contributed by atoms with Crippen LogP contribution in [0.1, 0.15) is 53.1 Å². The number of aryl methyl sites for hydroxylation is 1. The van der Waals surface area contributed by atoms with Crippen LogP contribution in [0.4, 0.5) is 0 Å². The molecule has 1 saturated heterocycles. The molecule has 3 heterocycles. The monoisotopic (exact) mass is 384 g/mol. The second-order valence-electron chi connectivity index (χ2n) is 6.84. The lowest BCUT2D eigenvalue weighted by molar-refractivity contribution is 0.0554. The highest BCUT2D eigenvalue weighted by molar-refractivity contribution is 6.30. The van der Waals surface area contributed by atoms with Crippen molar-refractivity contribution < 1.29 is 9.21 Å². The Labute approximate surface area is 162 Å². The summed E-state index contributed by atoms with van der Waals surface area (Å²) in [6.45, 7) is 0.683. The summed E-state index contributed by atoms with van der Waals surface area (Å²) in [5, 5.41) is 0.700. The fourth-order valence-electron chi connectivity index (χ4n) is 3.54. The zero-order valence-corrected chi connectivity index (χ0v) is 15.9. The van der Waals surface area contributed by atoms with Crippen LogP contribution in [0.25, 0.3) is 0 Å². The van der Waals surface area contributed by atoms with Crippen molar-refractivity contribution in [3.8, 4) is 0 Å². The van der Waals surface area contributed by atoms with Crippen LogP contribution in [0.2, 0.25) is 5.02 Å². The quantitative estimate of drug-likeness (QED) is 0.681. The average molecular weight is 385 g/mol. The minimum Gasteiger partial charge on any atom is -0.443 e. The molecule has 1 amide bonds. The second kappa shape index (κ2) is 7.56. The third kappa shape index (κ3) is 3.76. The number of carbonyl (C=O) groups excluding carboxylic acids is 1. The number of nitrogens with zero attached hydrogens (tertiary/aromatic N) is 4. The number of likely N-dealkylation sites (tertiary alicyclic amines) is 1. The highest BCUT2D eigenvalue weighted by Gasteiger charge is 2.33. The Morgan fingerprint density at radius 3 is 3.00 bits per heavy atom. The van der Waals surface area contributed by atoms with E-state index in [2.05, 4.69) is 9.97 Å². The number of imidazole rings is 1. The average Bonchev–Trinajstić information content (AvgIpc) is 3.30. The minimum absolute atomic E-state index is 0.0817. The Morgan fingerprint density at radius 2 is 2.22 bits per heavy atom. The van der Waals surface area contributed by atoms with Gasteiger partial charge in [0, 0.05) is 37.4 Å². The first-order chi connectivity index (χ1) is 13.1. The maximum Gasteiger partial charge on any atom is 0.290 e. The first-order valence-electron chi connectivity index (χ1n) is 9.09. The van der Waals surface area contributed by atoms with Gasteiger partial charge in [-0.15, -0.1) is 0 Å². The molecule has 0 aliphatic carbocycles. The SMILES string of the molecule is Cn1ccnc1C(=O)N1CCCC[C@@H]1c1ncc(Cc2cccc(Cl)c2)o1. The van der Waals surface area contributed by atoms with E-state index in [0.717, 1.165) is 30.6 Å². The summed E-state index contributed by atoms with van der Waals surface area (Å²) in [5.41, 5.74) is 1.06. The van der Waals surface area contributed by atoms with Gasteiger partial charge in [0.05, 0.1) is 6.20 Å². The molecule has 1 aliphatic rings. The zero-order chi connectivity index (χ0) is 18.8. The van der Waals surface area contributed by atoms with Gasteiger partial charge in [0.25, 0.3) is 5.91 Å². The third-order valence-corrected chi connectivity index (χ3v) is 5.14. The Morgan fingerprint density at radius 1 is 1.33 bits per heavy atom. The lowest BCUT2D eigenvalue weighted by atomic mass is 10.0. The number of carbonyl (C=O) groups is 1. The van der Waals surface area contributed by atoms with Crippen LogP contribution in [0.3, 0.4) is 0 Å². The van der Waals surface area contributed by atoms with Crippen molar-refractivity contribution in [3.63, 3.8) is 0 Å². The smallest absolute Gasteiger partial charge is 0.290 e. The Bertz CT molecular complexity index is 949. The van der Waals surface area contributed by atoms with Crippen LogP contribution in [0, 0.1) is 0 Å². The van der Waals surface area contributed by atoms with Gasteiger partial charge in [-0.1, -0.05) is 23.7 Å². The Hall–Kier alpha value is -2.60. The van der Waals surface area contributed by atoms with E-state index in [-0.39, 0.29) is 11.9 Å². The summed E-state index contributed by atoms with van der Waals surface area (Å²) >= 11 is 6.06. The molecule has 140 valence electrons.